The summed E-state index contributed by atoms with van der Waals surface area (Å²) in [7, 11) is 0. The Hall–Kier alpha value is -0.820. The van der Waals surface area contributed by atoms with Gasteiger partial charge in [-0.15, -0.1) is 11.3 Å². The summed E-state index contributed by atoms with van der Waals surface area (Å²) in [4.78, 5) is 1.48. The zero-order chi connectivity index (χ0) is 9.42. The predicted octanol–water partition coefficient (Wildman–Crippen LogP) is 4.08. The van der Waals surface area contributed by atoms with E-state index in [-0.39, 0.29) is 0 Å². The fourth-order valence-electron chi connectivity index (χ4n) is 1.82. The molecular weight excluding hydrogens is 176 g/mol. The van der Waals surface area contributed by atoms with E-state index < -0.39 is 0 Å². The van der Waals surface area contributed by atoms with Gasteiger partial charge in [0, 0.05) is 9.58 Å². The van der Waals surface area contributed by atoms with Crippen molar-refractivity contribution in [3.05, 3.63) is 34.2 Å². The third-order valence-corrected chi connectivity index (χ3v) is 3.61. The van der Waals surface area contributed by atoms with Crippen LogP contribution in [0.2, 0.25) is 0 Å². The first-order chi connectivity index (χ1) is 6.22. The molecule has 0 spiro atoms. The van der Waals surface area contributed by atoms with Crippen LogP contribution in [0.25, 0.3) is 10.1 Å². The van der Waals surface area contributed by atoms with E-state index in [4.69, 9.17) is 0 Å². The first-order valence-corrected chi connectivity index (χ1v) is 5.52. The van der Waals surface area contributed by atoms with Gasteiger partial charge in [0.15, 0.2) is 0 Å². The standard InChI is InChI=1S/C12H14S/c1-4-10-9(3)13-12-7-8(2)5-6-11(10)12/h5-7H,4H2,1-3H3. The minimum absolute atomic E-state index is 1.15. The van der Waals surface area contributed by atoms with Crippen LogP contribution in [0.1, 0.15) is 22.9 Å². The average Bonchev–Trinajstić information content (AvgIpc) is 2.39. The van der Waals surface area contributed by atoms with Crippen LogP contribution < -0.4 is 0 Å². The van der Waals surface area contributed by atoms with E-state index in [1.165, 1.54) is 26.1 Å². The zero-order valence-electron chi connectivity index (χ0n) is 8.35. The zero-order valence-corrected chi connectivity index (χ0v) is 9.16. The predicted molar refractivity (Wildman–Crippen MR) is 60.7 cm³/mol. The summed E-state index contributed by atoms with van der Waals surface area (Å²) in [5.41, 5.74) is 2.89. The lowest BCUT2D eigenvalue weighted by atomic mass is 10.1. The molecule has 68 valence electrons. The van der Waals surface area contributed by atoms with Crippen molar-refractivity contribution < 1.29 is 0 Å². The van der Waals surface area contributed by atoms with Crippen LogP contribution in [0, 0.1) is 13.8 Å². The highest BCUT2D eigenvalue weighted by molar-refractivity contribution is 7.19. The second-order valence-electron chi connectivity index (χ2n) is 3.49. The monoisotopic (exact) mass is 190 g/mol. The van der Waals surface area contributed by atoms with Gasteiger partial charge in [-0.05, 0) is 42.8 Å². The molecule has 0 radical (unpaired) electrons. The molecule has 2 aromatic rings. The maximum absolute atomic E-state index is 2.28. The topological polar surface area (TPSA) is 0 Å². The van der Waals surface area contributed by atoms with Crippen LogP contribution >= 0.6 is 11.3 Å². The number of aryl methyl sites for hydroxylation is 3. The Morgan fingerprint density at radius 3 is 2.69 bits per heavy atom. The number of thiophene rings is 1. The second kappa shape index (κ2) is 3.15. The molecule has 1 heterocycles. The molecule has 0 bridgehead atoms. The molecule has 0 aliphatic carbocycles. The van der Waals surface area contributed by atoms with Gasteiger partial charge in [-0.1, -0.05) is 19.1 Å². The molecule has 0 saturated carbocycles. The minimum atomic E-state index is 1.15. The molecule has 0 aliphatic rings. The van der Waals surface area contributed by atoms with Crippen LogP contribution in [0.4, 0.5) is 0 Å². The highest BCUT2D eigenvalue weighted by Crippen LogP contribution is 2.31. The summed E-state index contributed by atoms with van der Waals surface area (Å²) in [6.07, 6.45) is 1.15. The van der Waals surface area contributed by atoms with Gasteiger partial charge < -0.3 is 0 Å². The number of rotatable bonds is 1. The van der Waals surface area contributed by atoms with Crippen molar-refractivity contribution in [2.24, 2.45) is 0 Å². The average molecular weight is 190 g/mol. The van der Waals surface area contributed by atoms with Crippen LogP contribution in [-0.4, -0.2) is 0 Å². The summed E-state index contributed by atoms with van der Waals surface area (Å²) in [6.45, 7) is 6.60. The lowest BCUT2D eigenvalue weighted by molar-refractivity contribution is 1.15. The van der Waals surface area contributed by atoms with Crippen molar-refractivity contribution in [3.63, 3.8) is 0 Å². The molecule has 2 rings (SSSR count). The first kappa shape index (κ1) is 8.76. The molecule has 1 aromatic carbocycles. The molecule has 1 aromatic heterocycles. The van der Waals surface area contributed by atoms with Crippen molar-refractivity contribution in [3.8, 4) is 0 Å². The highest BCUT2D eigenvalue weighted by atomic mass is 32.1. The van der Waals surface area contributed by atoms with E-state index in [0.717, 1.165) is 6.42 Å². The van der Waals surface area contributed by atoms with Gasteiger partial charge in [-0.3, -0.25) is 0 Å². The third kappa shape index (κ3) is 1.37. The molecule has 13 heavy (non-hydrogen) atoms. The van der Waals surface area contributed by atoms with Crippen molar-refractivity contribution in [1.82, 2.24) is 0 Å². The fourth-order valence-corrected chi connectivity index (χ4v) is 3.07. The Labute approximate surface area is 83.2 Å². The Bertz CT molecular complexity index is 438. The molecular formula is C12H14S. The summed E-state index contributed by atoms with van der Waals surface area (Å²) in [5, 5.41) is 1.45. The van der Waals surface area contributed by atoms with E-state index in [9.17, 15) is 0 Å². The number of fused-ring (bicyclic) bond motifs is 1. The van der Waals surface area contributed by atoms with E-state index >= 15 is 0 Å². The number of hydrogen-bond donors (Lipinski definition) is 0. The normalized spacial score (nSPS) is 11.0. The van der Waals surface area contributed by atoms with E-state index in [0.29, 0.717) is 0 Å². The van der Waals surface area contributed by atoms with Gasteiger partial charge in [0.2, 0.25) is 0 Å². The summed E-state index contributed by atoms with van der Waals surface area (Å²) in [6, 6.07) is 6.74. The molecule has 0 atom stereocenters. The Kier molecular flexibility index (Phi) is 2.12. The summed E-state index contributed by atoms with van der Waals surface area (Å²) in [5.74, 6) is 0. The van der Waals surface area contributed by atoms with Crippen LogP contribution in [0.5, 0.6) is 0 Å². The van der Waals surface area contributed by atoms with E-state index in [2.05, 4.69) is 39.0 Å². The maximum Gasteiger partial charge on any atom is 0.0351 e. The van der Waals surface area contributed by atoms with Gasteiger partial charge in [-0.2, -0.15) is 0 Å². The molecule has 0 aliphatic heterocycles. The van der Waals surface area contributed by atoms with Crippen LogP contribution in [-0.2, 0) is 6.42 Å². The smallest absolute Gasteiger partial charge is 0.0351 e. The van der Waals surface area contributed by atoms with Crippen LogP contribution in [0.3, 0.4) is 0 Å². The van der Waals surface area contributed by atoms with Gasteiger partial charge in [0.1, 0.15) is 0 Å². The number of hydrogen-bond acceptors (Lipinski definition) is 1. The molecule has 0 fully saturated rings. The maximum atomic E-state index is 2.28. The van der Waals surface area contributed by atoms with Crippen molar-refractivity contribution in [2.75, 3.05) is 0 Å². The van der Waals surface area contributed by atoms with E-state index in [1.54, 1.807) is 0 Å². The largest absolute Gasteiger partial charge is 0.140 e. The molecule has 1 heteroatoms. The quantitative estimate of drug-likeness (QED) is 0.635. The van der Waals surface area contributed by atoms with Gasteiger partial charge >= 0.3 is 0 Å². The molecule has 0 N–H and O–H groups in total. The first-order valence-electron chi connectivity index (χ1n) is 4.71. The van der Waals surface area contributed by atoms with Gasteiger partial charge in [0.25, 0.3) is 0 Å². The van der Waals surface area contributed by atoms with Crippen molar-refractivity contribution in [2.45, 2.75) is 27.2 Å². The Balaban J connectivity index is 2.79. The fraction of sp³-hybridized carbons (Fsp3) is 0.333. The highest BCUT2D eigenvalue weighted by Gasteiger charge is 2.06. The Morgan fingerprint density at radius 2 is 2.00 bits per heavy atom. The lowest BCUT2D eigenvalue weighted by Crippen LogP contribution is -1.79. The summed E-state index contributed by atoms with van der Waals surface area (Å²) >= 11 is 1.92. The molecule has 0 unspecified atom stereocenters. The van der Waals surface area contributed by atoms with Gasteiger partial charge in [0.05, 0.1) is 0 Å². The molecule has 0 nitrogen and oxygen atoms in total. The SMILES string of the molecule is CCc1c(C)sc2cc(C)ccc12. The van der Waals surface area contributed by atoms with E-state index in [1.807, 2.05) is 11.3 Å². The van der Waals surface area contributed by atoms with Crippen molar-refractivity contribution in [1.29, 1.82) is 0 Å². The van der Waals surface area contributed by atoms with Crippen molar-refractivity contribution >= 4 is 21.4 Å². The third-order valence-electron chi connectivity index (χ3n) is 2.50. The summed E-state index contributed by atoms with van der Waals surface area (Å²) < 4.78 is 1.44. The van der Waals surface area contributed by atoms with Gasteiger partial charge in [-0.25, -0.2) is 0 Å². The Morgan fingerprint density at radius 1 is 1.23 bits per heavy atom. The lowest BCUT2D eigenvalue weighted by Gasteiger charge is -1.96. The number of benzene rings is 1. The minimum Gasteiger partial charge on any atom is -0.140 e. The van der Waals surface area contributed by atoms with Crippen LogP contribution in [0.15, 0.2) is 18.2 Å². The molecule has 0 amide bonds. The molecule has 0 saturated heterocycles. The second-order valence-corrected chi connectivity index (χ2v) is 4.75.